The van der Waals surface area contributed by atoms with Crippen molar-refractivity contribution in [3.63, 3.8) is 0 Å². The Bertz CT molecular complexity index is 3490. The number of benzene rings is 5. The number of phenolic OH excluding ortho intramolecular Hbond substituents is 1. The number of ether oxygens (including phenoxy) is 2. The molecule has 0 spiro atoms. The fraction of sp³-hybridized carbons (Fsp3) is 0.105. The Morgan fingerprint density at radius 1 is 0.623 bits per heavy atom. The molecule has 9 N–H and O–H groups in total. The van der Waals surface area contributed by atoms with Crippen LogP contribution in [0.15, 0.2) is 118 Å². The Balaban J connectivity index is 1.48. The molecule has 360 valence electrons. The highest BCUT2D eigenvalue weighted by atomic mass is 32.2. The molecule has 1 aromatic heterocycles. The first kappa shape index (κ1) is 50.1. The predicted molar refractivity (Wildman–Crippen MR) is 231 cm³/mol. The van der Waals surface area contributed by atoms with E-state index < -0.39 is 124 Å². The van der Waals surface area contributed by atoms with Crippen molar-refractivity contribution in [2.75, 3.05) is 26.4 Å². The lowest BCUT2D eigenvalue weighted by molar-refractivity contribution is 0.0681. The summed E-state index contributed by atoms with van der Waals surface area (Å²) in [5.41, 5.74) is -6.02. The number of carbonyl (C=O) groups is 3. The number of rotatable bonds is 19. The SMILES string of the molecule is O=C(O)c1cc([SH](=O)=O)ccc1/N=N/c1cc(OCCO)c(/N=N/c2c(S(=O)(=O)O)cc3c(-n4nc(C(=O)O)c(/N=N/c5ccc(S(=O)(=O)O)cc5C(=O)O)c4O)cccc3c2O)cc1OCCO. The van der Waals surface area contributed by atoms with Gasteiger partial charge in [0.1, 0.15) is 58.0 Å². The van der Waals surface area contributed by atoms with Crippen LogP contribution in [0.25, 0.3) is 16.5 Å². The van der Waals surface area contributed by atoms with Gasteiger partial charge in [-0.1, -0.05) is 12.1 Å². The van der Waals surface area contributed by atoms with E-state index in [1.54, 1.807) is 0 Å². The second kappa shape index (κ2) is 20.3. The van der Waals surface area contributed by atoms with Gasteiger partial charge in [0.15, 0.2) is 22.1 Å². The number of carboxylic acid groups (broad SMARTS) is 3. The van der Waals surface area contributed by atoms with Crippen molar-refractivity contribution in [3.8, 4) is 28.8 Å². The summed E-state index contributed by atoms with van der Waals surface area (Å²) < 4.78 is 103. The number of hydrogen-bond donors (Lipinski definition) is 10. The molecule has 6 rings (SSSR count). The van der Waals surface area contributed by atoms with Crippen LogP contribution < -0.4 is 9.47 Å². The van der Waals surface area contributed by atoms with Crippen LogP contribution in [0.1, 0.15) is 31.2 Å². The molecule has 0 saturated heterocycles. The van der Waals surface area contributed by atoms with Gasteiger partial charge in [-0.25, -0.2) is 22.8 Å². The quantitative estimate of drug-likeness (QED) is 0.0290. The number of azo groups is 3. The van der Waals surface area contributed by atoms with Crippen LogP contribution in [0.4, 0.5) is 34.1 Å². The summed E-state index contributed by atoms with van der Waals surface area (Å²) in [4.78, 5) is 33.7. The minimum atomic E-state index is -5.40. The van der Waals surface area contributed by atoms with Crippen molar-refractivity contribution in [1.82, 2.24) is 9.78 Å². The maximum Gasteiger partial charge on any atom is 0.358 e. The Morgan fingerprint density at radius 2 is 1.16 bits per heavy atom. The summed E-state index contributed by atoms with van der Waals surface area (Å²) in [6, 6.07) is 11.6. The van der Waals surface area contributed by atoms with Gasteiger partial charge in [-0.05, 0) is 48.5 Å². The largest absolute Gasteiger partial charge is 0.505 e. The molecule has 0 bridgehead atoms. The summed E-state index contributed by atoms with van der Waals surface area (Å²) in [7, 11) is -13.4. The number of fused-ring (bicyclic) bond motifs is 1. The molecular formula is C38H30N8O20S3. The lowest BCUT2D eigenvalue weighted by Crippen LogP contribution is -2.04. The van der Waals surface area contributed by atoms with Crippen molar-refractivity contribution in [1.29, 1.82) is 0 Å². The monoisotopic (exact) mass is 1010 g/mol. The number of carboxylic acids is 3. The van der Waals surface area contributed by atoms with Gasteiger partial charge in [0.2, 0.25) is 11.6 Å². The van der Waals surface area contributed by atoms with Gasteiger partial charge in [0.05, 0.1) is 39.8 Å². The van der Waals surface area contributed by atoms with Gasteiger partial charge in [0.25, 0.3) is 20.2 Å². The number of aliphatic hydroxyl groups is 2. The normalized spacial score (nSPS) is 12.2. The predicted octanol–water partition coefficient (Wildman–Crippen LogP) is 4.98. The summed E-state index contributed by atoms with van der Waals surface area (Å²) in [6.07, 6.45) is 0. The number of hydrogen-bond acceptors (Lipinski definition) is 22. The average Bonchev–Trinajstić information content (AvgIpc) is 3.62. The van der Waals surface area contributed by atoms with Gasteiger partial charge in [-0.15, -0.1) is 30.7 Å². The van der Waals surface area contributed by atoms with Gasteiger partial charge in [0, 0.05) is 22.9 Å². The van der Waals surface area contributed by atoms with Gasteiger partial charge in [-0.2, -0.15) is 26.6 Å². The fourth-order valence-corrected chi connectivity index (χ4v) is 7.61. The first-order chi connectivity index (χ1) is 32.5. The van der Waals surface area contributed by atoms with Gasteiger partial charge in [-0.3, -0.25) is 9.11 Å². The molecule has 0 fully saturated rings. The molecule has 5 aromatic carbocycles. The number of nitrogens with zero attached hydrogens (tertiary/aromatic N) is 8. The van der Waals surface area contributed by atoms with E-state index >= 15 is 0 Å². The molecule has 6 aromatic rings. The highest BCUT2D eigenvalue weighted by Crippen LogP contribution is 2.46. The van der Waals surface area contributed by atoms with Crippen LogP contribution in [-0.4, -0.2) is 124 Å². The van der Waals surface area contributed by atoms with Crippen LogP contribution in [0.3, 0.4) is 0 Å². The maximum atomic E-state index is 12.9. The summed E-state index contributed by atoms with van der Waals surface area (Å²) in [6.45, 7) is -1.92. The first-order valence-corrected chi connectivity index (χ1v) is 22.7. The second-order valence-electron chi connectivity index (χ2n) is 13.4. The topological polar surface area (TPSA) is 446 Å². The van der Waals surface area contributed by atoms with Crippen LogP contribution in [0.5, 0.6) is 23.1 Å². The molecule has 0 aliphatic rings. The Kier molecular flexibility index (Phi) is 14.7. The molecule has 0 atom stereocenters. The molecule has 69 heavy (non-hydrogen) atoms. The van der Waals surface area contributed by atoms with Crippen LogP contribution in [0, 0.1) is 0 Å². The molecule has 0 saturated carbocycles. The molecular weight excluding hydrogens is 985 g/mol. The van der Waals surface area contributed by atoms with Crippen LogP contribution >= 0.6 is 0 Å². The summed E-state index contributed by atoms with van der Waals surface area (Å²) in [5, 5.41) is 97.2. The van der Waals surface area contributed by atoms with E-state index in [0.29, 0.717) is 10.7 Å². The van der Waals surface area contributed by atoms with Crippen molar-refractivity contribution >= 4 is 93.7 Å². The minimum Gasteiger partial charge on any atom is -0.505 e. The lowest BCUT2D eigenvalue weighted by atomic mass is 10.1. The average molecular weight is 1010 g/mol. The van der Waals surface area contributed by atoms with E-state index in [-0.39, 0.29) is 56.5 Å². The number of phenols is 1. The van der Waals surface area contributed by atoms with E-state index in [1.165, 1.54) is 12.1 Å². The van der Waals surface area contributed by atoms with Crippen LogP contribution in [0.2, 0.25) is 0 Å². The molecule has 28 nitrogen and oxygen atoms in total. The van der Waals surface area contributed by atoms with Crippen molar-refractivity contribution in [3.05, 3.63) is 89.6 Å². The fourth-order valence-electron chi connectivity index (χ4n) is 6.02. The van der Waals surface area contributed by atoms with Crippen molar-refractivity contribution < 1.29 is 94.0 Å². The van der Waals surface area contributed by atoms with E-state index in [1.807, 2.05) is 0 Å². The highest BCUT2D eigenvalue weighted by Gasteiger charge is 2.28. The molecule has 31 heteroatoms. The molecule has 0 amide bonds. The maximum absolute atomic E-state index is 12.9. The highest BCUT2D eigenvalue weighted by molar-refractivity contribution is 7.86. The summed E-state index contributed by atoms with van der Waals surface area (Å²) >= 11 is 0. The van der Waals surface area contributed by atoms with E-state index in [4.69, 9.17) is 9.47 Å². The van der Waals surface area contributed by atoms with Crippen molar-refractivity contribution in [2.45, 2.75) is 14.7 Å². The minimum absolute atomic E-state index is 0.220. The number of aliphatic hydroxyl groups excluding tert-OH is 2. The number of aromatic hydroxyl groups is 2. The smallest absolute Gasteiger partial charge is 0.358 e. The van der Waals surface area contributed by atoms with Gasteiger partial charge < -0.3 is 45.2 Å². The zero-order chi connectivity index (χ0) is 50.5. The van der Waals surface area contributed by atoms with Crippen LogP contribution in [-0.2, 0) is 30.9 Å². The standard InChI is InChI=1S/C38H30N8O20S3/c47-8-10-65-28-16-26(29(66-11-9-48)15-25(28)41-39-23-6-4-17(67(57)58)12-21(23)36(51)52)42-43-31-30(69(62,63)64)14-20-19(34(31)49)2-1-3-27(20)46-35(50)32(33(45-46)38(55)56)44-40-24-7-5-18(68(59,60)61)13-22(24)37(53)54/h1-7,12-16,47-50,67H,8-11H2,(H,51,52)(H,53,54)(H,55,56)(H,59,60,61)(H,62,63,64)/b41-39+,43-42+,44-40+. The molecule has 0 radical (unpaired) electrons. The Labute approximate surface area is 386 Å². The third-order valence-corrected chi connectivity index (χ3v) is 11.5. The molecule has 1 heterocycles. The Morgan fingerprint density at radius 3 is 1.70 bits per heavy atom. The molecule has 0 aliphatic carbocycles. The first-order valence-electron chi connectivity index (χ1n) is 18.6. The summed E-state index contributed by atoms with van der Waals surface area (Å²) in [5.74, 6) is -7.75. The van der Waals surface area contributed by atoms with E-state index in [2.05, 4.69) is 35.8 Å². The zero-order valence-corrected chi connectivity index (χ0v) is 36.6. The zero-order valence-electron chi connectivity index (χ0n) is 34.1. The molecule has 0 aliphatic heterocycles. The van der Waals surface area contributed by atoms with E-state index in [0.717, 1.165) is 54.6 Å². The number of aromatic carboxylic acids is 3. The second-order valence-corrected chi connectivity index (χ2v) is 17.3. The lowest BCUT2D eigenvalue weighted by Gasteiger charge is -2.14. The molecule has 0 unspecified atom stereocenters. The number of thiol groups is 1. The third kappa shape index (κ3) is 10.9. The van der Waals surface area contributed by atoms with E-state index in [9.17, 15) is 84.5 Å². The van der Waals surface area contributed by atoms with Gasteiger partial charge >= 0.3 is 17.9 Å². The Hall–Kier alpha value is -8.33. The number of aromatic nitrogens is 2. The third-order valence-electron chi connectivity index (χ3n) is 9.05. The van der Waals surface area contributed by atoms with Crippen molar-refractivity contribution in [2.24, 2.45) is 30.7 Å².